The van der Waals surface area contributed by atoms with E-state index >= 15 is 0 Å². The van der Waals surface area contributed by atoms with Gasteiger partial charge in [-0.1, -0.05) is 36.4 Å². The van der Waals surface area contributed by atoms with Crippen molar-refractivity contribution in [2.45, 2.75) is 9.79 Å². The highest BCUT2D eigenvalue weighted by atomic mass is 32.2. The summed E-state index contributed by atoms with van der Waals surface area (Å²) in [6, 6.07) is 8.32. The molecule has 0 fully saturated rings. The first kappa shape index (κ1) is 21.5. The van der Waals surface area contributed by atoms with Crippen LogP contribution in [0.15, 0.2) is 58.8 Å². The number of hydrogen-bond donors (Lipinski definition) is 4. The van der Waals surface area contributed by atoms with Crippen LogP contribution >= 0.6 is 0 Å². The van der Waals surface area contributed by atoms with Crippen molar-refractivity contribution in [1.82, 2.24) is 30.4 Å². The largest absolute Gasteiger partial charge is 0.295 e. The zero-order valence-corrected chi connectivity index (χ0v) is 17.5. The fraction of sp³-hybridized carbons (Fsp3) is 0. The summed E-state index contributed by atoms with van der Waals surface area (Å²) in [6.45, 7) is 0. The van der Waals surface area contributed by atoms with Gasteiger partial charge in [0, 0.05) is 11.1 Å². The fourth-order valence-corrected chi connectivity index (χ4v) is 4.37. The SMILES string of the molecule is O=S(=O)(O)c1cc(-c2ncn[nH]2)ccc1C=Cc1ccc(-c2ncn[nH]2)cc1S(=O)(=O)O. The van der Waals surface area contributed by atoms with Crippen LogP contribution in [-0.2, 0) is 20.2 Å². The van der Waals surface area contributed by atoms with E-state index in [-0.39, 0.29) is 11.1 Å². The molecule has 0 unspecified atom stereocenters. The normalized spacial score (nSPS) is 12.4. The van der Waals surface area contributed by atoms with Crippen LogP contribution in [0.1, 0.15) is 11.1 Å². The minimum Gasteiger partial charge on any atom is -0.282 e. The second-order valence-corrected chi connectivity index (χ2v) is 9.24. The fourth-order valence-electron chi connectivity index (χ4n) is 2.95. The Morgan fingerprint density at radius 1 is 0.688 bits per heavy atom. The average Bonchev–Trinajstić information content (AvgIpc) is 3.45. The molecule has 164 valence electrons. The Balaban J connectivity index is 1.79. The summed E-state index contributed by atoms with van der Waals surface area (Å²) in [5, 5.41) is 12.6. The molecular weight excluding hydrogens is 460 g/mol. The van der Waals surface area contributed by atoms with Crippen molar-refractivity contribution in [1.29, 1.82) is 0 Å². The van der Waals surface area contributed by atoms with E-state index in [0.29, 0.717) is 22.8 Å². The van der Waals surface area contributed by atoms with Crippen molar-refractivity contribution >= 4 is 32.4 Å². The van der Waals surface area contributed by atoms with E-state index in [9.17, 15) is 25.9 Å². The Kier molecular flexibility index (Phi) is 5.43. The van der Waals surface area contributed by atoms with Gasteiger partial charge in [0.2, 0.25) is 0 Å². The lowest BCUT2D eigenvalue weighted by atomic mass is 10.1. The molecule has 14 heteroatoms. The van der Waals surface area contributed by atoms with Crippen LogP contribution in [0.5, 0.6) is 0 Å². The summed E-state index contributed by atoms with van der Waals surface area (Å²) in [6.07, 6.45) is 5.09. The minimum atomic E-state index is -4.63. The Morgan fingerprint density at radius 3 is 1.41 bits per heavy atom. The van der Waals surface area contributed by atoms with E-state index < -0.39 is 30.0 Å². The molecule has 0 amide bonds. The zero-order valence-electron chi connectivity index (χ0n) is 15.9. The van der Waals surface area contributed by atoms with Crippen LogP contribution in [0.2, 0.25) is 0 Å². The van der Waals surface area contributed by atoms with Gasteiger partial charge < -0.3 is 0 Å². The van der Waals surface area contributed by atoms with Crippen molar-refractivity contribution in [2.24, 2.45) is 0 Å². The van der Waals surface area contributed by atoms with E-state index in [1.54, 1.807) is 12.1 Å². The molecule has 12 nitrogen and oxygen atoms in total. The van der Waals surface area contributed by atoms with Gasteiger partial charge in [-0.05, 0) is 23.3 Å². The summed E-state index contributed by atoms with van der Waals surface area (Å²) in [5.74, 6) is 0.587. The van der Waals surface area contributed by atoms with E-state index in [1.165, 1.54) is 49.1 Å². The summed E-state index contributed by atoms with van der Waals surface area (Å²) in [7, 11) is -9.25. The molecule has 0 bridgehead atoms. The first-order valence-electron chi connectivity index (χ1n) is 8.75. The number of hydrogen-bond acceptors (Lipinski definition) is 8. The lowest BCUT2D eigenvalue weighted by Gasteiger charge is -2.07. The minimum absolute atomic E-state index is 0.0800. The van der Waals surface area contributed by atoms with E-state index in [4.69, 9.17) is 0 Å². The predicted molar refractivity (Wildman–Crippen MR) is 112 cm³/mol. The lowest BCUT2D eigenvalue weighted by Crippen LogP contribution is -2.02. The maximum atomic E-state index is 11.9. The standard InChI is InChI=1S/C18H14N6O6S2/c25-31(26,27)15-7-13(17-19-9-21-23-17)5-3-11(15)1-2-12-4-6-14(18-20-10-22-24-18)8-16(12)32(28,29)30/h1-10H,(H,19,21,23)(H,20,22,24)(H,25,26,27)(H,28,29,30). The summed E-state index contributed by atoms with van der Waals surface area (Å²) < 4.78 is 67.0. The number of nitrogens with one attached hydrogen (secondary N) is 2. The molecule has 2 heterocycles. The molecule has 4 aromatic rings. The molecule has 0 aliphatic rings. The zero-order chi connectivity index (χ0) is 22.9. The summed E-state index contributed by atoms with van der Waals surface area (Å²) >= 11 is 0. The van der Waals surface area contributed by atoms with Gasteiger partial charge in [-0.3, -0.25) is 19.3 Å². The molecule has 0 atom stereocenters. The maximum Gasteiger partial charge on any atom is 0.295 e. The van der Waals surface area contributed by atoms with Gasteiger partial charge in [0.05, 0.1) is 0 Å². The van der Waals surface area contributed by atoms with E-state index in [2.05, 4.69) is 30.4 Å². The summed E-state index contributed by atoms with van der Waals surface area (Å²) in [4.78, 5) is 7.02. The number of nitrogens with zero attached hydrogens (tertiary/aromatic N) is 4. The topological polar surface area (TPSA) is 192 Å². The van der Waals surface area contributed by atoms with Crippen molar-refractivity contribution in [3.8, 4) is 22.8 Å². The van der Waals surface area contributed by atoms with Gasteiger partial charge in [-0.15, -0.1) is 0 Å². The molecule has 4 N–H and O–H groups in total. The third kappa shape index (κ3) is 4.47. The Bertz CT molecular complexity index is 1400. The maximum absolute atomic E-state index is 11.9. The highest BCUT2D eigenvalue weighted by Crippen LogP contribution is 2.27. The number of aromatic nitrogens is 6. The van der Waals surface area contributed by atoms with Crippen molar-refractivity contribution in [3.05, 3.63) is 60.2 Å². The van der Waals surface area contributed by atoms with Gasteiger partial charge >= 0.3 is 0 Å². The Morgan fingerprint density at radius 2 is 1.09 bits per heavy atom. The molecule has 0 saturated carbocycles. The Hall–Kier alpha value is -3.72. The van der Waals surface area contributed by atoms with Gasteiger partial charge in [-0.25, -0.2) is 9.97 Å². The molecule has 0 aliphatic heterocycles. The van der Waals surface area contributed by atoms with E-state index in [1.807, 2.05) is 0 Å². The van der Waals surface area contributed by atoms with Gasteiger partial charge in [0.25, 0.3) is 20.2 Å². The van der Waals surface area contributed by atoms with Crippen LogP contribution < -0.4 is 0 Å². The number of rotatable bonds is 6. The first-order valence-corrected chi connectivity index (χ1v) is 11.6. The predicted octanol–water partition coefficient (Wildman–Crippen LogP) is 1.92. The molecule has 2 aromatic heterocycles. The third-order valence-corrected chi connectivity index (χ3v) is 6.22. The molecule has 2 aromatic carbocycles. The van der Waals surface area contributed by atoms with Gasteiger partial charge in [0.15, 0.2) is 11.6 Å². The molecule has 32 heavy (non-hydrogen) atoms. The highest BCUT2D eigenvalue weighted by Gasteiger charge is 2.18. The van der Waals surface area contributed by atoms with Crippen LogP contribution in [0, 0.1) is 0 Å². The molecular formula is C18H14N6O6S2. The van der Waals surface area contributed by atoms with Crippen molar-refractivity contribution in [3.63, 3.8) is 0 Å². The van der Waals surface area contributed by atoms with Crippen LogP contribution in [0.25, 0.3) is 34.9 Å². The lowest BCUT2D eigenvalue weighted by molar-refractivity contribution is 0.480. The van der Waals surface area contributed by atoms with Crippen molar-refractivity contribution < 1.29 is 25.9 Å². The average molecular weight is 474 g/mol. The molecule has 0 aliphatic carbocycles. The van der Waals surface area contributed by atoms with Crippen LogP contribution in [-0.4, -0.2) is 56.3 Å². The van der Waals surface area contributed by atoms with E-state index in [0.717, 1.165) is 0 Å². The van der Waals surface area contributed by atoms with Crippen LogP contribution in [0.3, 0.4) is 0 Å². The van der Waals surface area contributed by atoms with Gasteiger partial charge in [-0.2, -0.15) is 27.0 Å². The van der Waals surface area contributed by atoms with Crippen LogP contribution in [0.4, 0.5) is 0 Å². The third-order valence-electron chi connectivity index (χ3n) is 4.40. The molecule has 4 rings (SSSR count). The first-order chi connectivity index (χ1) is 15.1. The summed E-state index contributed by atoms with van der Waals surface area (Å²) in [5.41, 5.74) is 0.886. The second-order valence-electron chi connectivity index (χ2n) is 6.46. The highest BCUT2D eigenvalue weighted by molar-refractivity contribution is 7.86. The van der Waals surface area contributed by atoms with Gasteiger partial charge in [0.1, 0.15) is 22.4 Å². The Labute approximate surface area is 181 Å². The monoisotopic (exact) mass is 474 g/mol. The number of aromatic amines is 2. The molecule has 0 radical (unpaired) electrons. The number of H-pyrrole nitrogens is 2. The molecule has 0 spiro atoms. The molecule has 0 saturated heterocycles. The second kappa shape index (κ2) is 8.08. The number of benzene rings is 2. The quantitative estimate of drug-likeness (QED) is 0.237. The van der Waals surface area contributed by atoms with Crippen molar-refractivity contribution in [2.75, 3.05) is 0 Å². The smallest absolute Gasteiger partial charge is 0.282 e.